The highest BCUT2D eigenvalue weighted by Gasteiger charge is 2.30. The molecule has 1 N–H and O–H groups in total. The van der Waals surface area contributed by atoms with Crippen molar-refractivity contribution in [1.29, 1.82) is 0 Å². The zero-order valence-corrected chi connectivity index (χ0v) is 16.8. The Bertz CT molecular complexity index is 1170. The fourth-order valence-corrected chi connectivity index (χ4v) is 4.04. The summed E-state index contributed by atoms with van der Waals surface area (Å²) in [6.45, 7) is 2.02. The van der Waals surface area contributed by atoms with Crippen molar-refractivity contribution in [2.75, 3.05) is 16.8 Å². The van der Waals surface area contributed by atoms with Gasteiger partial charge in [-0.2, -0.15) is 0 Å². The Morgan fingerprint density at radius 3 is 2.60 bits per heavy atom. The second kappa shape index (κ2) is 8.03. The summed E-state index contributed by atoms with van der Waals surface area (Å²) in [5, 5.41) is 3.10. The number of amides is 3. The quantitative estimate of drug-likeness (QED) is 0.498. The van der Waals surface area contributed by atoms with Gasteiger partial charge >= 0.3 is 5.97 Å². The number of fused-ring (bicyclic) bond motifs is 1. The van der Waals surface area contributed by atoms with E-state index in [1.165, 1.54) is 17.4 Å². The number of hydrogen-bond acceptors (Lipinski definition) is 7. The number of aromatic nitrogens is 1. The Morgan fingerprint density at radius 2 is 1.87 bits per heavy atom. The van der Waals surface area contributed by atoms with Crippen molar-refractivity contribution in [3.05, 3.63) is 53.6 Å². The van der Waals surface area contributed by atoms with E-state index < -0.39 is 11.9 Å². The van der Waals surface area contributed by atoms with Crippen LogP contribution in [-0.4, -0.2) is 35.3 Å². The number of nitrogens with one attached hydrogen (secondary N) is 1. The van der Waals surface area contributed by atoms with Gasteiger partial charge in [-0.15, -0.1) is 0 Å². The zero-order chi connectivity index (χ0) is 21.3. The highest BCUT2D eigenvalue weighted by molar-refractivity contribution is 7.22. The molecule has 0 aliphatic carbocycles. The van der Waals surface area contributed by atoms with Crippen molar-refractivity contribution in [2.24, 2.45) is 0 Å². The summed E-state index contributed by atoms with van der Waals surface area (Å²) in [7, 11) is 0. The third-order valence-corrected chi connectivity index (χ3v) is 5.47. The number of imide groups is 1. The number of carbonyl (C=O) groups is 4. The average molecular weight is 423 g/mol. The maximum Gasteiger partial charge on any atom is 0.338 e. The molecular weight excluding hydrogens is 406 g/mol. The number of benzene rings is 2. The Morgan fingerprint density at radius 1 is 1.10 bits per heavy atom. The summed E-state index contributed by atoms with van der Waals surface area (Å²) in [6, 6.07) is 11.3. The molecule has 0 bridgehead atoms. The molecule has 1 saturated heterocycles. The largest absolute Gasteiger partial charge is 0.462 e. The maximum absolute atomic E-state index is 12.7. The zero-order valence-electron chi connectivity index (χ0n) is 16.0. The van der Waals surface area contributed by atoms with Gasteiger partial charge in [0, 0.05) is 18.4 Å². The molecule has 1 aromatic heterocycles. The molecule has 2 aromatic carbocycles. The van der Waals surface area contributed by atoms with E-state index in [1.54, 1.807) is 43.3 Å². The van der Waals surface area contributed by atoms with Crippen molar-refractivity contribution < 1.29 is 23.9 Å². The lowest BCUT2D eigenvalue weighted by atomic mass is 10.2. The monoisotopic (exact) mass is 423 g/mol. The van der Waals surface area contributed by atoms with Crippen LogP contribution < -0.4 is 10.2 Å². The third-order valence-electron chi connectivity index (χ3n) is 4.54. The highest BCUT2D eigenvalue weighted by atomic mass is 32.1. The fourth-order valence-electron chi connectivity index (χ4n) is 3.14. The van der Waals surface area contributed by atoms with Gasteiger partial charge in [0.1, 0.15) is 0 Å². The van der Waals surface area contributed by atoms with Crippen molar-refractivity contribution >= 4 is 56.1 Å². The van der Waals surface area contributed by atoms with Crippen LogP contribution in [0.25, 0.3) is 10.2 Å². The van der Waals surface area contributed by atoms with Crippen molar-refractivity contribution in [3.63, 3.8) is 0 Å². The van der Waals surface area contributed by atoms with E-state index in [0.717, 1.165) is 9.60 Å². The molecule has 0 saturated carbocycles. The molecule has 8 nitrogen and oxygen atoms in total. The third kappa shape index (κ3) is 3.79. The number of hydrogen-bond donors (Lipinski definition) is 1. The van der Waals surface area contributed by atoms with Crippen LogP contribution in [0.5, 0.6) is 0 Å². The standard InChI is InChI=1S/C21H17N3O5S/c1-2-29-20(28)13-6-7-15-16(11-13)30-21(22-15)23-19(27)12-4-3-5-14(10-12)24-17(25)8-9-18(24)26/h3-7,10-11H,2,8-9H2,1H3,(H,22,23,27). The number of nitrogens with zero attached hydrogens (tertiary/aromatic N) is 2. The highest BCUT2D eigenvalue weighted by Crippen LogP contribution is 2.28. The predicted molar refractivity (Wildman–Crippen MR) is 112 cm³/mol. The van der Waals surface area contributed by atoms with Crippen LogP contribution in [0.15, 0.2) is 42.5 Å². The van der Waals surface area contributed by atoms with Gasteiger partial charge in [0.15, 0.2) is 5.13 Å². The normalized spacial score (nSPS) is 13.7. The molecule has 0 spiro atoms. The second-order valence-corrected chi connectivity index (χ2v) is 7.58. The molecule has 9 heteroatoms. The van der Waals surface area contributed by atoms with E-state index in [-0.39, 0.29) is 31.3 Å². The van der Waals surface area contributed by atoms with Crippen LogP contribution in [-0.2, 0) is 14.3 Å². The Balaban J connectivity index is 1.54. The maximum atomic E-state index is 12.7. The number of anilines is 2. The molecule has 3 amide bonds. The minimum absolute atomic E-state index is 0.175. The Hall–Kier alpha value is -3.59. The smallest absolute Gasteiger partial charge is 0.338 e. The van der Waals surface area contributed by atoms with E-state index in [9.17, 15) is 19.2 Å². The van der Waals surface area contributed by atoms with Crippen LogP contribution in [0.1, 0.15) is 40.5 Å². The van der Waals surface area contributed by atoms with E-state index in [0.29, 0.717) is 27.5 Å². The Labute approximate surface area is 175 Å². The summed E-state index contributed by atoms with van der Waals surface area (Å²) in [5.41, 5.74) is 1.73. The van der Waals surface area contributed by atoms with Gasteiger partial charge in [-0.05, 0) is 43.3 Å². The van der Waals surface area contributed by atoms with Crippen LogP contribution >= 0.6 is 11.3 Å². The predicted octanol–water partition coefficient (Wildman–Crippen LogP) is 3.38. The summed E-state index contributed by atoms with van der Waals surface area (Å²) in [5.74, 6) is -1.39. The molecule has 4 rings (SSSR count). The van der Waals surface area contributed by atoms with Gasteiger partial charge < -0.3 is 4.74 Å². The molecule has 0 unspecified atom stereocenters. The van der Waals surface area contributed by atoms with Crippen LogP contribution in [0.2, 0.25) is 0 Å². The molecule has 3 aromatic rings. The Kier molecular flexibility index (Phi) is 5.28. The minimum Gasteiger partial charge on any atom is -0.462 e. The summed E-state index contributed by atoms with van der Waals surface area (Å²) >= 11 is 1.23. The average Bonchev–Trinajstić information content (AvgIpc) is 3.29. The van der Waals surface area contributed by atoms with Gasteiger partial charge in [-0.1, -0.05) is 17.4 Å². The molecule has 152 valence electrons. The molecule has 1 aliphatic rings. The molecule has 2 heterocycles. The summed E-state index contributed by atoms with van der Waals surface area (Å²) in [6.07, 6.45) is 0.351. The van der Waals surface area contributed by atoms with Crippen molar-refractivity contribution in [1.82, 2.24) is 4.98 Å². The number of esters is 1. The van der Waals surface area contributed by atoms with E-state index in [1.807, 2.05) is 0 Å². The van der Waals surface area contributed by atoms with E-state index in [4.69, 9.17) is 4.74 Å². The van der Waals surface area contributed by atoms with Crippen LogP contribution in [0.4, 0.5) is 10.8 Å². The van der Waals surface area contributed by atoms with Crippen LogP contribution in [0.3, 0.4) is 0 Å². The van der Waals surface area contributed by atoms with Gasteiger partial charge in [0.2, 0.25) is 11.8 Å². The molecule has 1 aliphatic heterocycles. The van der Waals surface area contributed by atoms with Gasteiger partial charge in [0.05, 0.1) is 28.1 Å². The number of rotatable bonds is 5. The van der Waals surface area contributed by atoms with E-state index in [2.05, 4.69) is 10.3 Å². The number of thiazole rings is 1. The van der Waals surface area contributed by atoms with Gasteiger partial charge in [-0.3, -0.25) is 24.6 Å². The lowest BCUT2D eigenvalue weighted by Gasteiger charge is -2.14. The van der Waals surface area contributed by atoms with Gasteiger partial charge in [0.25, 0.3) is 5.91 Å². The molecular formula is C21H17N3O5S. The molecule has 0 atom stereocenters. The first-order valence-corrected chi connectivity index (χ1v) is 10.1. The first-order chi connectivity index (χ1) is 14.5. The summed E-state index contributed by atoms with van der Waals surface area (Å²) < 4.78 is 5.73. The lowest BCUT2D eigenvalue weighted by molar-refractivity contribution is -0.121. The molecule has 0 radical (unpaired) electrons. The van der Waals surface area contributed by atoms with E-state index >= 15 is 0 Å². The first-order valence-electron chi connectivity index (χ1n) is 9.31. The van der Waals surface area contributed by atoms with Crippen molar-refractivity contribution in [2.45, 2.75) is 19.8 Å². The fraction of sp³-hybridized carbons (Fsp3) is 0.190. The number of ether oxygens (including phenoxy) is 1. The molecule has 30 heavy (non-hydrogen) atoms. The SMILES string of the molecule is CCOC(=O)c1ccc2nc(NC(=O)c3cccc(N4C(=O)CCC4=O)c3)sc2c1. The van der Waals surface area contributed by atoms with Crippen molar-refractivity contribution in [3.8, 4) is 0 Å². The minimum atomic E-state index is -0.416. The second-order valence-electron chi connectivity index (χ2n) is 6.55. The topological polar surface area (TPSA) is 106 Å². The first kappa shape index (κ1) is 19.7. The molecule has 1 fully saturated rings. The number of carbonyl (C=O) groups excluding carboxylic acids is 4. The van der Waals surface area contributed by atoms with Gasteiger partial charge in [-0.25, -0.2) is 9.78 Å². The summed E-state index contributed by atoms with van der Waals surface area (Å²) in [4.78, 5) is 53.9. The lowest BCUT2D eigenvalue weighted by Crippen LogP contribution is -2.28. The van der Waals surface area contributed by atoms with Crippen LogP contribution in [0, 0.1) is 0 Å².